The fourth-order valence-electron chi connectivity index (χ4n) is 1.73. The van der Waals surface area contributed by atoms with E-state index in [4.69, 9.17) is 0 Å². The third-order valence-electron chi connectivity index (χ3n) is 2.35. The molecule has 0 radical (unpaired) electrons. The van der Waals surface area contributed by atoms with Crippen LogP contribution in [0.15, 0.2) is 18.2 Å². The van der Waals surface area contributed by atoms with Gasteiger partial charge in [-0.15, -0.1) is 0 Å². The molecule has 3 heteroatoms. The summed E-state index contributed by atoms with van der Waals surface area (Å²) in [5.41, 5.74) is 1.46. The molecule has 0 bridgehead atoms. The second-order valence-electron chi connectivity index (χ2n) is 3.13. The van der Waals surface area contributed by atoms with E-state index < -0.39 is 6.04 Å². The van der Waals surface area contributed by atoms with Crippen molar-refractivity contribution in [1.82, 2.24) is 5.32 Å². The number of hydrogen-bond donors (Lipinski definition) is 1. The summed E-state index contributed by atoms with van der Waals surface area (Å²) in [6, 6.07) is 4.48. The Hall–Kier alpha value is -1.22. The van der Waals surface area contributed by atoms with Gasteiger partial charge in [0.05, 0.1) is 6.04 Å². The molecule has 0 saturated carbocycles. The third-order valence-corrected chi connectivity index (χ3v) is 2.35. The summed E-state index contributed by atoms with van der Waals surface area (Å²) in [6.45, 7) is 0.736. The Morgan fingerprint density at radius 3 is 3.15 bits per heavy atom. The number of hydrogen-bond acceptors (Lipinski definition) is 2. The van der Waals surface area contributed by atoms with Crippen molar-refractivity contribution in [2.24, 2.45) is 0 Å². The number of rotatable bonds is 1. The molecule has 0 amide bonds. The number of fused-ring (bicyclic) bond motifs is 1. The Morgan fingerprint density at radius 2 is 2.38 bits per heavy atom. The molecule has 2 rings (SSSR count). The first-order valence-electron chi connectivity index (χ1n) is 4.29. The smallest absolute Gasteiger partial charge is 0.141 e. The first-order valence-corrected chi connectivity index (χ1v) is 4.29. The highest BCUT2D eigenvalue weighted by Crippen LogP contribution is 2.23. The van der Waals surface area contributed by atoms with Gasteiger partial charge in [-0.25, -0.2) is 4.39 Å². The average Bonchev–Trinajstić information content (AvgIpc) is 2.17. The Bertz CT molecular complexity index is 338. The molecule has 1 aromatic carbocycles. The van der Waals surface area contributed by atoms with Crippen molar-refractivity contribution in [3.8, 4) is 0 Å². The molecule has 1 unspecified atom stereocenters. The molecular formula is C10H10FNO. The number of halogens is 1. The lowest BCUT2D eigenvalue weighted by Gasteiger charge is -2.22. The van der Waals surface area contributed by atoms with Crippen LogP contribution in [-0.2, 0) is 11.2 Å². The molecule has 2 nitrogen and oxygen atoms in total. The Labute approximate surface area is 75.8 Å². The van der Waals surface area contributed by atoms with E-state index in [0.29, 0.717) is 5.56 Å². The summed E-state index contributed by atoms with van der Waals surface area (Å²) < 4.78 is 13.3. The van der Waals surface area contributed by atoms with E-state index in [0.717, 1.165) is 24.8 Å². The highest BCUT2D eigenvalue weighted by molar-refractivity contribution is 5.63. The van der Waals surface area contributed by atoms with Crippen molar-refractivity contribution in [1.29, 1.82) is 0 Å². The van der Waals surface area contributed by atoms with Gasteiger partial charge < -0.3 is 10.1 Å². The maximum absolute atomic E-state index is 13.3. The lowest BCUT2D eigenvalue weighted by molar-refractivity contribution is -0.109. The van der Waals surface area contributed by atoms with Gasteiger partial charge in [0, 0.05) is 12.1 Å². The first-order chi connectivity index (χ1) is 6.33. The fraction of sp³-hybridized carbons (Fsp3) is 0.300. The van der Waals surface area contributed by atoms with Gasteiger partial charge in [-0.2, -0.15) is 0 Å². The van der Waals surface area contributed by atoms with Crippen LogP contribution < -0.4 is 5.32 Å². The molecule has 1 aromatic rings. The molecule has 1 aliphatic heterocycles. The molecule has 0 aliphatic carbocycles. The molecule has 68 valence electrons. The molecule has 13 heavy (non-hydrogen) atoms. The average molecular weight is 179 g/mol. The van der Waals surface area contributed by atoms with Gasteiger partial charge in [0.1, 0.15) is 12.1 Å². The van der Waals surface area contributed by atoms with Crippen molar-refractivity contribution in [3.05, 3.63) is 35.1 Å². The lowest BCUT2D eigenvalue weighted by Crippen LogP contribution is -2.31. The van der Waals surface area contributed by atoms with E-state index in [1.807, 2.05) is 6.07 Å². The molecular weight excluding hydrogens is 169 g/mol. The number of aldehydes is 1. The number of benzene rings is 1. The summed E-state index contributed by atoms with van der Waals surface area (Å²) in [5, 5.41) is 2.96. The van der Waals surface area contributed by atoms with Gasteiger partial charge in [-0.1, -0.05) is 12.1 Å². The second kappa shape index (κ2) is 3.26. The molecule has 1 heterocycles. The molecule has 1 N–H and O–H groups in total. The summed E-state index contributed by atoms with van der Waals surface area (Å²) in [5.74, 6) is -0.290. The van der Waals surface area contributed by atoms with Crippen molar-refractivity contribution in [2.45, 2.75) is 12.5 Å². The SMILES string of the molecule is O=CC1NCCc2cccc(F)c21. The predicted molar refractivity (Wildman–Crippen MR) is 46.9 cm³/mol. The van der Waals surface area contributed by atoms with E-state index in [2.05, 4.69) is 5.32 Å². The minimum atomic E-state index is -0.468. The summed E-state index contributed by atoms with van der Waals surface area (Å²) in [4.78, 5) is 10.6. The van der Waals surface area contributed by atoms with E-state index in [1.54, 1.807) is 6.07 Å². The summed E-state index contributed by atoms with van der Waals surface area (Å²) in [6.07, 6.45) is 1.54. The monoisotopic (exact) mass is 179 g/mol. The van der Waals surface area contributed by atoms with Crippen molar-refractivity contribution >= 4 is 6.29 Å². The van der Waals surface area contributed by atoms with Crippen LogP contribution in [0.1, 0.15) is 17.2 Å². The molecule has 1 aliphatic rings. The van der Waals surface area contributed by atoms with Crippen LogP contribution in [0.4, 0.5) is 4.39 Å². The largest absolute Gasteiger partial charge is 0.304 e. The topological polar surface area (TPSA) is 29.1 Å². The van der Waals surface area contributed by atoms with Crippen LogP contribution in [-0.4, -0.2) is 12.8 Å². The highest BCUT2D eigenvalue weighted by Gasteiger charge is 2.21. The number of carbonyl (C=O) groups excluding carboxylic acids is 1. The molecule has 0 aromatic heterocycles. The van der Waals surface area contributed by atoms with Gasteiger partial charge in [0.15, 0.2) is 0 Å². The fourth-order valence-corrected chi connectivity index (χ4v) is 1.73. The van der Waals surface area contributed by atoms with E-state index in [-0.39, 0.29) is 5.82 Å². The Balaban J connectivity index is 2.53. The minimum absolute atomic E-state index is 0.290. The van der Waals surface area contributed by atoms with Gasteiger partial charge >= 0.3 is 0 Å². The van der Waals surface area contributed by atoms with E-state index in [9.17, 15) is 9.18 Å². The van der Waals surface area contributed by atoms with Crippen LogP contribution in [0.3, 0.4) is 0 Å². The lowest BCUT2D eigenvalue weighted by atomic mass is 9.95. The summed E-state index contributed by atoms with van der Waals surface area (Å²) >= 11 is 0. The third kappa shape index (κ3) is 1.35. The Morgan fingerprint density at radius 1 is 1.54 bits per heavy atom. The minimum Gasteiger partial charge on any atom is -0.304 e. The van der Waals surface area contributed by atoms with Gasteiger partial charge in [-0.3, -0.25) is 0 Å². The van der Waals surface area contributed by atoms with Gasteiger partial charge in [0.25, 0.3) is 0 Å². The number of nitrogens with one attached hydrogen (secondary N) is 1. The zero-order valence-corrected chi connectivity index (χ0v) is 7.09. The van der Waals surface area contributed by atoms with Crippen molar-refractivity contribution in [2.75, 3.05) is 6.54 Å². The molecule has 0 spiro atoms. The summed E-state index contributed by atoms with van der Waals surface area (Å²) in [7, 11) is 0. The standard InChI is InChI=1S/C10H10FNO/c11-8-3-1-2-7-4-5-12-9(6-13)10(7)8/h1-3,6,9,12H,4-5H2. The van der Waals surface area contributed by atoms with Crippen LogP contribution >= 0.6 is 0 Å². The van der Waals surface area contributed by atoms with Crippen LogP contribution in [0.25, 0.3) is 0 Å². The van der Waals surface area contributed by atoms with Crippen LogP contribution in [0.5, 0.6) is 0 Å². The van der Waals surface area contributed by atoms with Crippen LogP contribution in [0, 0.1) is 5.82 Å². The molecule has 1 atom stereocenters. The number of carbonyl (C=O) groups is 1. The quantitative estimate of drug-likeness (QED) is 0.656. The van der Waals surface area contributed by atoms with Gasteiger partial charge in [0.2, 0.25) is 0 Å². The second-order valence-corrected chi connectivity index (χ2v) is 3.13. The molecule has 0 saturated heterocycles. The van der Waals surface area contributed by atoms with Gasteiger partial charge in [-0.05, 0) is 18.1 Å². The molecule has 0 fully saturated rings. The zero-order chi connectivity index (χ0) is 9.26. The van der Waals surface area contributed by atoms with E-state index in [1.165, 1.54) is 6.07 Å². The van der Waals surface area contributed by atoms with E-state index >= 15 is 0 Å². The van der Waals surface area contributed by atoms with Crippen molar-refractivity contribution < 1.29 is 9.18 Å². The maximum atomic E-state index is 13.3. The zero-order valence-electron chi connectivity index (χ0n) is 7.09. The van der Waals surface area contributed by atoms with Crippen molar-refractivity contribution in [3.63, 3.8) is 0 Å². The Kier molecular flexibility index (Phi) is 2.10. The van der Waals surface area contributed by atoms with Crippen LogP contribution in [0.2, 0.25) is 0 Å². The highest BCUT2D eigenvalue weighted by atomic mass is 19.1. The maximum Gasteiger partial charge on any atom is 0.141 e. The normalized spacial score (nSPS) is 20.8. The predicted octanol–water partition coefficient (Wildman–Crippen LogP) is 1.21. The first kappa shape index (κ1) is 8.38.